The second kappa shape index (κ2) is 5.15. The van der Waals surface area contributed by atoms with E-state index in [1.807, 2.05) is 13.0 Å². The molecule has 0 unspecified atom stereocenters. The number of ketones is 2. The van der Waals surface area contributed by atoms with Gasteiger partial charge in [-0.1, -0.05) is 31.1 Å². The zero-order valence-corrected chi connectivity index (χ0v) is 16.2. The summed E-state index contributed by atoms with van der Waals surface area (Å²) in [6.07, 6.45) is 7.81. The van der Waals surface area contributed by atoms with Gasteiger partial charge in [-0.15, -0.1) is 0 Å². The fourth-order valence-corrected chi connectivity index (χ4v) is 6.93. The van der Waals surface area contributed by atoms with E-state index in [4.69, 9.17) is 0 Å². The van der Waals surface area contributed by atoms with Gasteiger partial charge >= 0.3 is 0 Å². The standard InChI is InChI=1S/C22H29FO3/c1-13(24)22(26)20(3)10-8-17-16(18(20)12-21(22,4)23)6-5-14-11-15(25)7-9-19(14,17)2/h8,11,16,18,26H,5-7,9-10,12H2,1-4H3/t16-,18+,19+,20+,21-,22+/m1/s1. The van der Waals surface area contributed by atoms with Crippen LogP contribution in [0, 0.1) is 22.7 Å². The fourth-order valence-electron chi connectivity index (χ4n) is 6.93. The van der Waals surface area contributed by atoms with Crippen LogP contribution in [0.5, 0.6) is 0 Å². The summed E-state index contributed by atoms with van der Waals surface area (Å²) in [5.74, 6) is -0.134. The van der Waals surface area contributed by atoms with Crippen molar-refractivity contribution in [3.63, 3.8) is 0 Å². The van der Waals surface area contributed by atoms with Crippen molar-refractivity contribution in [2.75, 3.05) is 0 Å². The highest BCUT2D eigenvalue weighted by molar-refractivity contribution is 5.92. The number of carbonyl (C=O) groups is 2. The molecule has 0 amide bonds. The van der Waals surface area contributed by atoms with Crippen LogP contribution in [0.15, 0.2) is 23.3 Å². The molecular weight excluding hydrogens is 331 g/mol. The van der Waals surface area contributed by atoms with E-state index in [9.17, 15) is 14.7 Å². The largest absolute Gasteiger partial charge is 0.378 e. The summed E-state index contributed by atoms with van der Waals surface area (Å²) in [6.45, 7) is 6.83. The Balaban J connectivity index is 1.82. The third kappa shape index (κ3) is 1.92. The molecule has 4 aliphatic rings. The van der Waals surface area contributed by atoms with Gasteiger partial charge in [0, 0.05) is 17.3 Å². The number of carbonyl (C=O) groups excluding carboxylic acids is 2. The average molecular weight is 360 g/mol. The number of Topliss-reactive ketones (excluding diaryl/α,β-unsaturated/α-hetero) is 1. The first kappa shape index (κ1) is 18.1. The Hall–Kier alpha value is -1.29. The maximum atomic E-state index is 15.5. The third-order valence-electron chi connectivity index (χ3n) is 8.42. The van der Waals surface area contributed by atoms with E-state index in [0.29, 0.717) is 12.8 Å². The molecule has 2 fully saturated rings. The van der Waals surface area contributed by atoms with Crippen molar-refractivity contribution in [1.82, 2.24) is 0 Å². The van der Waals surface area contributed by atoms with E-state index in [2.05, 4.69) is 13.0 Å². The van der Waals surface area contributed by atoms with Crippen molar-refractivity contribution in [3.8, 4) is 0 Å². The van der Waals surface area contributed by atoms with Crippen LogP contribution in [0.3, 0.4) is 0 Å². The first-order valence-electron chi connectivity index (χ1n) is 9.84. The van der Waals surface area contributed by atoms with Gasteiger partial charge in [0.2, 0.25) is 0 Å². The van der Waals surface area contributed by atoms with Gasteiger partial charge in [-0.25, -0.2) is 4.39 Å². The van der Waals surface area contributed by atoms with Gasteiger partial charge in [-0.3, -0.25) is 9.59 Å². The number of allylic oxidation sites excluding steroid dienone is 4. The van der Waals surface area contributed by atoms with Crippen molar-refractivity contribution >= 4 is 11.6 Å². The topological polar surface area (TPSA) is 54.4 Å². The van der Waals surface area contributed by atoms with Crippen molar-refractivity contribution in [3.05, 3.63) is 23.3 Å². The third-order valence-corrected chi connectivity index (χ3v) is 8.42. The van der Waals surface area contributed by atoms with E-state index in [0.717, 1.165) is 19.3 Å². The van der Waals surface area contributed by atoms with Gasteiger partial charge in [-0.05, 0) is 63.9 Å². The van der Waals surface area contributed by atoms with E-state index >= 15 is 4.39 Å². The molecular formula is C22H29FO3. The van der Waals surface area contributed by atoms with Gasteiger partial charge in [-0.2, -0.15) is 0 Å². The van der Waals surface area contributed by atoms with E-state index in [1.54, 1.807) is 0 Å². The predicted molar refractivity (Wildman–Crippen MR) is 97.2 cm³/mol. The molecule has 4 aliphatic carbocycles. The Kier molecular flexibility index (Phi) is 3.59. The highest BCUT2D eigenvalue weighted by Gasteiger charge is 2.73. The monoisotopic (exact) mass is 360 g/mol. The minimum Gasteiger partial charge on any atom is -0.378 e. The summed E-state index contributed by atoms with van der Waals surface area (Å²) >= 11 is 0. The lowest BCUT2D eigenvalue weighted by Crippen LogP contribution is -2.60. The molecule has 0 aromatic carbocycles. The summed E-state index contributed by atoms with van der Waals surface area (Å²) in [5.41, 5.74) is -2.23. The normalized spacial score (nSPS) is 50.3. The Bertz CT molecular complexity index is 763. The smallest absolute Gasteiger partial charge is 0.165 e. The number of halogens is 1. The number of hydrogen-bond acceptors (Lipinski definition) is 3. The van der Waals surface area contributed by atoms with Crippen molar-refractivity contribution in [2.45, 2.75) is 77.5 Å². The molecule has 0 heterocycles. The quantitative estimate of drug-likeness (QED) is 0.717. The number of hydrogen-bond donors (Lipinski definition) is 1. The first-order valence-corrected chi connectivity index (χ1v) is 9.84. The van der Waals surface area contributed by atoms with Crippen LogP contribution in [-0.4, -0.2) is 27.9 Å². The van der Waals surface area contributed by atoms with Gasteiger partial charge in [0.15, 0.2) is 17.2 Å². The predicted octanol–water partition coefficient (Wildman–Crippen LogP) is 4.10. The molecule has 26 heavy (non-hydrogen) atoms. The van der Waals surface area contributed by atoms with E-state index in [1.165, 1.54) is 25.0 Å². The fraction of sp³-hybridized carbons (Fsp3) is 0.727. The molecule has 2 saturated carbocycles. The molecule has 6 atom stereocenters. The molecule has 3 nitrogen and oxygen atoms in total. The highest BCUT2D eigenvalue weighted by atomic mass is 19.1. The van der Waals surface area contributed by atoms with E-state index < -0.39 is 22.5 Å². The first-order chi connectivity index (χ1) is 12.0. The van der Waals surface area contributed by atoms with Crippen molar-refractivity contribution in [1.29, 1.82) is 0 Å². The van der Waals surface area contributed by atoms with Crippen molar-refractivity contribution < 1.29 is 19.1 Å². The summed E-state index contributed by atoms with van der Waals surface area (Å²) in [5, 5.41) is 11.3. The SMILES string of the molecule is CC(=O)[C@]1(O)[C@@]2(C)CC=C3[C@@H](CCC4=CC(=O)CC[C@@]43C)[C@@H]2C[C@@]1(C)F. The van der Waals surface area contributed by atoms with Gasteiger partial charge in [0.1, 0.15) is 5.67 Å². The van der Waals surface area contributed by atoms with Crippen LogP contribution in [0.1, 0.15) is 66.2 Å². The van der Waals surface area contributed by atoms with Gasteiger partial charge in [0.25, 0.3) is 0 Å². The molecule has 4 rings (SSSR count). The lowest BCUT2D eigenvalue weighted by atomic mass is 9.50. The molecule has 4 heteroatoms. The van der Waals surface area contributed by atoms with Gasteiger partial charge in [0.05, 0.1) is 0 Å². The zero-order valence-electron chi connectivity index (χ0n) is 16.2. The van der Waals surface area contributed by atoms with Crippen LogP contribution in [0.25, 0.3) is 0 Å². The molecule has 0 aromatic rings. The molecule has 1 N–H and O–H groups in total. The van der Waals surface area contributed by atoms with E-state index in [-0.39, 0.29) is 29.5 Å². The maximum Gasteiger partial charge on any atom is 0.165 e. The second-order valence-corrected chi connectivity index (χ2v) is 9.67. The molecule has 0 aromatic heterocycles. The number of rotatable bonds is 1. The molecule has 0 bridgehead atoms. The summed E-state index contributed by atoms with van der Waals surface area (Å²) in [6, 6.07) is 0. The molecule has 0 aliphatic heterocycles. The Morgan fingerprint density at radius 3 is 2.62 bits per heavy atom. The lowest BCUT2D eigenvalue weighted by Gasteiger charge is -2.54. The Morgan fingerprint density at radius 1 is 1.27 bits per heavy atom. The molecule has 142 valence electrons. The number of aliphatic hydroxyl groups is 1. The number of alkyl halides is 1. The summed E-state index contributed by atoms with van der Waals surface area (Å²) in [4.78, 5) is 24.3. The minimum atomic E-state index is -1.94. The molecule has 0 spiro atoms. The summed E-state index contributed by atoms with van der Waals surface area (Å²) < 4.78 is 15.5. The van der Waals surface area contributed by atoms with Crippen LogP contribution in [0.4, 0.5) is 4.39 Å². The van der Waals surface area contributed by atoms with Crippen molar-refractivity contribution in [2.24, 2.45) is 22.7 Å². The highest BCUT2D eigenvalue weighted by Crippen LogP contribution is 2.68. The number of fused-ring (bicyclic) bond motifs is 5. The summed E-state index contributed by atoms with van der Waals surface area (Å²) in [7, 11) is 0. The molecule has 0 saturated heterocycles. The van der Waals surface area contributed by atoms with Gasteiger partial charge < -0.3 is 5.11 Å². The Morgan fingerprint density at radius 2 is 1.96 bits per heavy atom. The van der Waals surface area contributed by atoms with Crippen LogP contribution in [0.2, 0.25) is 0 Å². The molecule has 0 radical (unpaired) electrons. The average Bonchev–Trinajstić information content (AvgIpc) is 2.73. The zero-order chi connectivity index (χ0) is 19.1. The Labute approximate surface area is 154 Å². The van der Waals surface area contributed by atoms with Crippen LogP contribution < -0.4 is 0 Å². The van der Waals surface area contributed by atoms with Crippen LogP contribution >= 0.6 is 0 Å². The van der Waals surface area contributed by atoms with Crippen LogP contribution in [-0.2, 0) is 9.59 Å². The lowest BCUT2D eigenvalue weighted by molar-refractivity contribution is -0.170. The maximum absolute atomic E-state index is 15.5. The second-order valence-electron chi connectivity index (χ2n) is 9.67. The minimum absolute atomic E-state index is 0.0533.